The molecule has 1 aliphatic rings. The molecule has 2 heterocycles. The molecule has 0 radical (unpaired) electrons. The van der Waals surface area contributed by atoms with Gasteiger partial charge in [-0.1, -0.05) is 11.6 Å². The van der Waals surface area contributed by atoms with Crippen LogP contribution >= 0.6 is 0 Å². The van der Waals surface area contributed by atoms with Gasteiger partial charge in [-0.25, -0.2) is 0 Å². The fraction of sp³-hybridized carbons (Fsp3) is 0.238. The average molecular weight is 418 g/mol. The van der Waals surface area contributed by atoms with Gasteiger partial charge in [-0.2, -0.15) is 13.2 Å². The lowest BCUT2D eigenvalue weighted by Gasteiger charge is -2.19. The molecule has 6 nitrogen and oxygen atoms in total. The Hall–Kier alpha value is -3.49. The van der Waals surface area contributed by atoms with E-state index in [9.17, 15) is 22.8 Å². The van der Waals surface area contributed by atoms with Crippen molar-refractivity contribution in [3.05, 3.63) is 69.5 Å². The van der Waals surface area contributed by atoms with Crippen molar-refractivity contribution in [2.24, 2.45) is 0 Å². The van der Waals surface area contributed by atoms with Gasteiger partial charge in [-0.3, -0.25) is 9.59 Å². The van der Waals surface area contributed by atoms with Gasteiger partial charge >= 0.3 is 6.18 Å². The number of carbonyl (C=O) groups is 1. The first-order chi connectivity index (χ1) is 14.2. The van der Waals surface area contributed by atoms with Crippen molar-refractivity contribution >= 4 is 16.8 Å². The van der Waals surface area contributed by atoms with Gasteiger partial charge in [0.05, 0.1) is 5.52 Å². The van der Waals surface area contributed by atoms with Crippen LogP contribution in [0.3, 0.4) is 0 Å². The smallest absolute Gasteiger partial charge is 0.431 e. The fourth-order valence-corrected chi connectivity index (χ4v) is 3.39. The standard InChI is InChI=1S/C21H17F3N2O4/c1-12-2-4-15-14(8-12)16(27)10-19(21(22,23)24)26(15)7-6-25-20(28)13-3-5-17-18(9-13)30-11-29-17/h2-5,8-10H,6-7,11H2,1H3,(H,25,28). The van der Waals surface area contributed by atoms with Crippen LogP contribution in [0, 0.1) is 6.92 Å². The fourth-order valence-electron chi connectivity index (χ4n) is 3.39. The number of rotatable bonds is 4. The minimum Gasteiger partial charge on any atom is -0.454 e. The summed E-state index contributed by atoms with van der Waals surface area (Å²) in [5.41, 5.74) is -0.515. The maximum atomic E-state index is 13.5. The number of alkyl halides is 3. The quantitative estimate of drug-likeness (QED) is 0.704. The Bertz CT molecular complexity index is 1200. The molecule has 156 valence electrons. The number of pyridine rings is 1. The second-order valence-corrected chi connectivity index (χ2v) is 6.89. The van der Waals surface area contributed by atoms with Gasteiger partial charge in [0.2, 0.25) is 6.79 Å². The van der Waals surface area contributed by atoms with Crippen LogP contribution in [0.1, 0.15) is 21.6 Å². The molecule has 0 fully saturated rings. The summed E-state index contributed by atoms with van der Waals surface area (Å²) in [6.45, 7) is 1.60. The van der Waals surface area contributed by atoms with Gasteiger partial charge in [0.1, 0.15) is 5.69 Å². The third kappa shape index (κ3) is 3.70. The number of nitrogens with one attached hydrogen (secondary N) is 1. The normalized spacial score (nSPS) is 12.9. The van der Waals surface area contributed by atoms with Crippen LogP contribution < -0.4 is 20.2 Å². The molecule has 3 aromatic rings. The van der Waals surface area contributed by atoms with Crippen molar-refractivity contribution in [2.75, 3.05) is 13.3 Å². The van der Waals surface area contributed by atoms with Crippen LogP contribution in [0.4, 0.5) is 13.2 Å². The largest absolute Gasteiger partial charge is 0.454 e. The molecule has 4 rings (SSSR count). The Morgan fingerprint density at radius 1 is 1.10 bits per heavy atom. The summed E-state index contributed by atoms with van der Waals surface area (Å²) in [5, 5.41) is 2.81. The van der Waals surface area contributed by atoms with E-state index in [1.807, 2.05) is 0 Å². The van der Waals surface area contributed by atoms with Crippen LogP contribution in [-0.2, 0) is 12.7 Å². The highest BCUT2D eigenvalue weighted by molar-refractivity contribution is 5.94. The molecule has 0 atom stereocenters. The van der Waals surface area contributed by atoms with Crippen molar-refractivity contribution in [1.82, 2.24) is 9.88 Å². The lowest BCUT2D eigenvalue weighted by Crippen LogP contribution is -2.30. The van der Waals surface area contributed by atoms with E-state index in [0.717, 1.165) is 10.1 Å². The maximum Gasteiger partial charge on any atom is 0.431 e. The molecule has 0 aliphatic carbocycles. The zero-order valence-corrected chi connectivity index (χ0v) is 15.9. The van der Waals surface area contributed by atoms with Crippen LogP contribution in [0.2, 0.25) is 0 Å². The van der Waals surface area contributed by atoms with E-state index in [0.29, 0.717) is 23.1 Å². The van der Waals surface area contributed by atoms with E-state index in [4.69, 9.17) is 9.47 Å². The van der Waals surface area contributed by atoms with Gasteiger partial charge in [0, 0.05) is 30.1 Å². The van der Waals surface area contributed by atoms with Crippen LogP contribution in [0.5, 0.6) is 11.5 Å². The van der Waals surface area contributed by atoms with Crippen LogP contribution in [0.25, 0.3) is 10.9 Å². The van der Waals surface area contributed by atoms with E-state index < -0.39 is 23.2 Å². The monoisotopic (exact) mass is 418 g/mol. The number of aromatic nitrogens is 1. The van der Waals surface area contributed by atoms with Gasteiger partial charge in [0.15, 0.2) is 16.9 Å². The first-order valence-electron chi connectivity index (χ1n) is 9.13. The van der Waals surface area contributed by atoms with Gasteiger partial charge in [0.25, 0.3) is 5.91 Å². The lowest BCUT2D eigenvalue weighted by atomic mass is 10.1. The molecule has 1 aromatic heterocycles. The number of halogens is 3. The van der Waals surface area contributed by atoms with E-state index in [1.165, 1.54) is 12.1 Å². The zero-order chi connectivity index (χ0) is 21.5. The van der Waals surface area contributed by atoms with E-state index >= 15 is 0 Å². The summed E-state index contributed by atoms with van der Waals surface area (Å²) in [6.07, 6.45) is -4.71. The summed E-state index contributed by atoms with van der Waals surface area (Å²) in [5.74, 6) is 0.503. The highest BCUT2D eigenvalue weighted by Crippen LogP contribution is 2.33. The highest BCUT2D eigenvalue weighted by Gasteiger charge is 2.35. The molecule has 1 amide bonds. The topological polar surface area (TPSA) is 69.6 Å². The number of carbonyl (C=O) groups excluding carboxylic acids is 1. The van der Waals surface area contributed by atoms with Crippen LogP contribution in [0.15, 0.2) is 47.3 Å². The summed E-state index contributed by atoms with van der Waals surface area (Å²) in [6, 6.07) is 9.93. The molecule has 0 unspecified atom stereocenters. The molecule has 9 heteroatoms. The summed E-state index contributed by atoms with van der Waals surface area (Å²) in [4.78, 5) is 24.6. The molecule has 1 N–H and O–H groups in total. The molecule has 2 aromatic carbocycles. The predicted octanol–water partition coefficient (Wildman–Crippen LogP) is 3.49. The maximum absolute atomic E-state index is 13.5. The first kappa shape index (κ1) is 19.8. The number of aryl methyl sites for hydroxylation is 1. The minimum atomic E-state index is -4.71. The minimum absolute atomic E-state index is 0.0673. The molecule has 1 aliphatic heterocycles. The summed E-state index contributed by atoms with van der Waals surface area (Å²) < 4.78 is 52.0. The predicted molar refractivity (Wildman–Crippen MR) is 103 cm³/mol. The van der Waals surface area contributed by atoms with Gasteiger partial charge in [-0.15, -0.1) is 0 Å². The SMILES string of the molecule is Cc1ccc2c(c1)c(=O)cc(C(F)(F)F)n2CCNC(=O)c1ccc2c(c1)OCO2. The first-order valence-corrected chi connectivity index (χ1v) is 9.13. The second kappa shape index (κ2) is 7.40. The third-order valence-electron chi connectivity index (χ3n) is 4.81. The number of nitrogens with zero attached hydrogens (tertiary/aromatic N) is 1. The Morgan fingerprint density at radius 3 is 2.63 bits per heavy atom. The average Bonchev–Trinajstić information content (AvgIpc) is 3.16. The molecule has 0 spiro atoms. The van der Waals surface area contributed by atoms with E-state index in [1.54, 1.807) is 31.2 Å². The molecular weight excluding hydrogens is 401 g/mol. The molecule has 0 bridgehead atoms. The van der Waals surface area contributed by atoms with Gasteiger partial charge < -0.3 is 19.4 Å². The Labute approximate surface area is 168 Å². The van der Waals surface area contributed by atoms with E-state index in [-0.39, 0.29) is 30.8 Å². The number of hydrogen-bond acceptors (Lipinski definition) is 4. The Morgan fingerprint density at radius 2 is 1.87 bits per heavy atom. The zero-order valence-electron chi connectivity index (χ0n) is 15.9. The van der Waals surface area contributed by atoms with Crippen molar-refractivity contribution in [3.8, 4) is 11.5 Å². The van der Waals surface area contributed by atoms with Crippen molar-refractivity contribution in [2.45, 2.75) is 19.6 Å². The molecule has 30 heavy (non-hydrogen) atoms. The third-order valence-corrected chi connectivity index (χ3v) is 4.81. The number of benzene rings is 2. The number of hydrogen-bond donors (Lipinski definition) is 1. The van der Waals surface area contributed by atoms with Gasteiger partial charge in [-0.05, 0) is 37.3 Å². The van der Waals surface area contributed by atoms with Crippen molar-refractivity contribution in [3.63, 3.8) is 0 Å². The summed E-state index contributed by atoms with van der Waals surface area (Å²) >= 11 is 0. The second-order valence-electron chi connectivity index (χ2n) is 6.89. The lowest BCUT2D eigenvalue weighted by molar-refractivity contribution is -0.143. The molecule has 0 saturated heterocycles. The summed E-state index contributed by atoms with van der Waals surface area (Å²) in [7, 11) is 0. The number of fused-ring (bicyclic) bond motifs is 2. The molecular formula is C21H17F3N2O4. The van der Waals surface area contributed by atoms with E-state index in [2.05, 4.69) is 5.32 Å². The number of ether oxygens (including phenoxy) is 2. The molecule has 0 saturated carbocycles. The van der Waals surface area contributed by atoms with Crippen LogP contribution in [-0.4, -0.2) is 23.8 Å². The Balaban J connectivity index is 1.59. The van der Waals surface area contributed by atoms with Crippen molar-refractivity contribution < 1.29 is 27.4 Å². The highest BCUT2D eigenvalue weighted by atomic mass is 19.4. The Kier molecular flexibility index (Phi) is 4.89. The number of amides is 1. The van der Waals surface area contributed by atoms with Crippen molar-refractivity contribution in [1.29, 1.82) is 0 Å².